The molecule has 0 aliphatic heterocycles. The minimum atomic E-state index is -0.895. The van der Waals surface area contributed by atoms with Gasteiger partial charge in [-0.3, -0.25) is 4.79 Å². The largest absolute Gasteiger partial charge is 0.409 e. The highest BCUT2D eigenvalue weighted by Crippen LogP contribution is 2.30. The fraction of sp³-hybridized carbons (Fsp3) is 0.600. The van der Waals surface area contributed by atoms with E-state index in [4.69, 9.17) is 10.9 Å². The summed E-state index contributed by atoms with van der Waals surface area (Å²) in [4.78, 5) is 13.8. The molecule has 1 rings (SSSR count). The second kappa shape index (κ2) is 8.67. The Balaban J connectivity index is 2.74. The first-order valence-electron chi connectivity index (χ1n) is 7.39. The molecule has 0 aliphatic carbocycles. The zero-order valence-electron chi connectivity index (χ0n) is 12.8. The summed E-state index contributed by atoms with van der Waals surface area (Å²) in [6.45, 7) is 4.55. The van der Waals surface area contributed by atoms with Gasteiger partial charge in [0.25, 0.3) is 0 Å². The minimum Gasteiger partial charge on any atom is -0.409 e. The summed E-state index contributed by atoms with van der Waals surface area (Å²) < 4.78 is 0. The van der Waals surface area contributed by atoms with Crippen LogP contribution in [0, 0.1) is 5.41 Å². The van der Waals surface area contributed by atoms with Crippen LogP contribution in [0.5, 0.6) is 0 Å². The number of hydrogen-bond acceptors (Lipinski definition) is 4. The molecule has 1 amide bonds. The highest BCUT2D eigenvalue weighted by molar-refractivity contribution is 7.09. The molecule has 0 radical (unpaired) electrons. The summed E-state index contributed by atoms with van der Waals surface area (Å²) >= 11 is 1.67. The normalized spacial score (nSPS) is 12.4. The molecule has 5 nitrogen and oxygen atoms in total. The SMILES string of the molecule is CCCC(CCC)(C(=O)NCCc1cccs1)C(N)=NO. The molecule has 118 valence electrons. The lowest BCUT2D eigenvalue weighted by Gasteiger charge is -2.30. The highest BCUT2D eigenvalue weighted by atomic mass is 32.1. The Hall–Kier alpha value is -1.56. The molecule has 0 bridgehead atoms. The van der Waals surface area contributed by atoms with E-state index in [1.807, 2.05) is 31.4 Å². The quantitative estimate of drug-likeness (QED) is 0.283. The summed E-state index contributed by atoms with van der Waals surface area (Å²) in [7, 11) is 0. The Labute approximate surface area is 130 Å². The van der Waals surface area contributed by atoms with E-state index < -0.39 is 5.41 Å². The maximum absolute atomic E-state index is 12.6. The lowest BCUT2D eigenvalue weighted by atomic mass is 9.77. The molecule has 0 aliphatic rings. The van der Waals surface area contributed by atoms with Gasteiger partial charge in [0.2, 0.25) is 5.91 Å². The van der Waals surface area contributed by atoms with Gasteiger partial charge in [-0.1, -0.05) is 37.9 Å². The van der Waals surface area contributed by atoms with Crippen LogP contribution in [0.3, 0.4) is 0 Å². The number of carbonyl (C=O) groups is 1. The molecule has 0 unspecified atom stereocenters. The van der Waals surface area contributed by atoms with Crippen molar-refractivity contribution in [2.45, 2.75) is 46.0 Å². The zero-order valence-corrected chi connectivity index (χ0v) is 13.6. The van der Waals surface area contributed by atoms with Crippen molar-refractivity contribution in [3.8, 4) is 0 Å². The summed E-state index contributed by atoms with van der Waals surface area (Å²) in [5.74, 6) is -0.127. The number of amidine groups is 1. The highest BCUT2D eigenvalue weighted by Gasteiger charge is 2.41. The maximum Gasteiger partial charge on any atom is 0.233 e. The topological polar surface area (TPSA) is 87.7 Å². The minimum absolute atomic E-state index is 0.0137. The predicted molar refractivity (Wildman–Crippen MR) is 86.7 cm³/mol. The smallest absolute Gasteiger partial charge is 0.233 e. The van der Waals surface area contributed by atoms with Gasteiger partial charge in [-0.05, 0) is 30.7 Å². The fourth-order valence-corrected chi connectivity index (χ4v) is 3.31. The Morgan fingerprint density at radius 1 is 1.43 bits per heavy atom. The molecule has 0 saturated carbocycles. The van der Waals surface area contributed by atoms with Gasteiger partial charge in [0.1, 0.15) is 5.41 Å². The second-order valence-corrected chi connectivity index (χ2v) is 6.18. The lowest BCUT2D eigenvalue weighted by Crippen LogP contribution is -2.50. The van der Waals surface area contributed by atoms with Crippen molar-refractivity contribution in [1.29, 1.82) is 0 Å². The predicted octanol–water partition coefficient (Wildman–Crippen LogP) is 2.74. The molecule has 6 heteroatoms. The first-order valence-corrected chi connectivity index (χ1v) is 8.27. The average molecular weight is 311 g/mol. The monoisotopic (exact) mass is 311 g/mol. The molecule has 0 spiro atoms. The third-order valence-corrected chi connectivity index (χ3v) is 4.56. The van der Waals surface area contributed by atoms with E-state index in [-0.39, 0.29) is 11.7 Å². The van der Waals surface area contributed by atoms with E-state index in [1.54, 1.807) is 11.3 Å². The van der Waals surface area contributed by atoms with Crippen LogP contribution in [0.15, 0.2) is 22.7 Å². The van der Waals surface area contributed by atoms with Gasteiger partial charge < -0.3 is 16.3 Å². The van der Waals surface area contributed by atoms with Crippen molar-refractivity contribution in [1.82, 2.24) is 5.32 Å². The Morgan fingerprint density at radius 2 is 2.10 bits per heavy atom. The Bertz CT molecular complexity index is 451. The molecule has 1 heterocycles. The van der Waals surface area contributed by atoms with Crippen LogP contribution in [-0.2, 0) is 11.2 Å². The summed E-state index contributed by atoms with van der Waals surface area (Å²) in [5, 5.41) is 17.1. The number of carbonyl (C=O) groups excluding carboxylic acids is 1. The maximum atomic E-state index is 12.6. The lowest BCUT2D eigenvalue weighted by molar-refractivity contribution is -0.128. The van der Waals surface area contributed by atoms with Gasteiger partial charge in [0.05, 0.1) is 0 Å². The molecule has 1 aromatic rings. The number of nitrogens with one attached hydrogen (secondary N) is 1. The first-order chi connectivity index (χ1) is 10.1. The van der Waals surface area contributed by atoms with Gasteiger partial charge in [0, 0.05) is 11.4 Å². The number of oxime groups is 1. The Morgan fingerprint density at radius 3 is 2.57 bits per heavy atom. The molecular weight excluding hydrogens is 286 g/mol. The number of thiophene rings is 1. The number of hydrogen-bond donors (Lipinski definition) is 3. The van der Waals surface area contributed by atoms with Crippen molar-refractivity contribution in [2.24, 2.45) is 16.3 Å². The molecule has 21 heavy (non-hydrogen) atoms. The Kier molecular flexibility index (Phi) is 7.22. The van der Waals surface area contributed by atoms with E-state index >= 15 is 0 Å². The van der Waals surface area contributed by atoms with Crippen LogP contribution in [0.1, 0.15) is 44.4 Å². The molecule has 0 aromatic carbocycles. The molecule has 1 aromatic heterocycles. The van der Waals surface area contributed by atoms with Crippen LogP contribution in [-0.4, -0.2) is 23.5 Å². The van der Waals surface area contributed by atoms with Gasteiger partial charge in [-0.2, -0.15) is 0 Å². The second-order valence-electron chi connectivity index (χ2n) is 5.15. The van der Waals surface area contributed by atoms with Crippen molar-refractivity contribution < 1.29 is 10.0 Å². The third kappa shape index (κ3) is 4.46. The van der Waals surface area contributed by atoms with E-state index in [0.717, 1.165) is 19.3 Å². The summed E-state index contributed by atoms with van der Waals surface area (Å²) in [5.41, 5.74) is 4.94. The summed E-state index contributed by atoms with van der Waals surface area (Å²) in [6, 6.07) is 4.04. The van der Waals surface area contributed by atoms with Crippen LogP contribution in [0.4, 0.5) is 0 Å². The zero-order chi connectivity index (χ0) is 15.7. The standard InChI is InChI=1S/C15H25N3O2S/c1-3-8-15(9-4-2,13(16)18-20)14(19)17-10-7-12-6-5-11-21-12/h5-6,11,20H,3-4,7-10H2,1-2H3,(H2,16,18)(H,17,19). The molecule has 0 saturated heterocycles. The van der Waals surface area contributed by atoms with Crippen LogP contribution in [0.2, 0.25) is 0 Å². The number of nitrogens with zero attached hydrogens (tertiary/aromatic N) is 1. The first kappa shape index (κ1) is 17.5. The van der Waals surface area contributed by atoms with Gasteiger partial charge in [-0.15, -0.1) is 11.3 Å². The molecule has 4 N–H and O–H groups in total. The molecule has 0 atom stereocenters. The molecule has 0 fully saturated rings. The van der Waals surface area contributed by atoms with Gasteiger partial charge in [-0.25, -0.2) is 0 Å². The summed E-state index contributed by atoms with van der Waals surface area (Å²) in [6.07, 6.45) is 3.57. The van der Waals surface area contributed by atoms with Crippen molar-refractivity contribution >= 4 is 23.1 Å². The van der Waals surface area contributed by atoms with Crippen molar-refractivity contribution in [3.05, 3.63) is 22.4 Å². The van der Waals surface area contributed by atoms with Crippen LogP contribution in [0.25, 0.3) is 0 Å². The number of nitrogens with two attached hydrogens (primary N) is 1. The van der Waals surface area contributed by atoms with E-state index in [0.29, 0.717) is 19.4 Å². The van der Waals surface area contributed by atoms with Crippen LogP contribution >= 0.6 is 11.3 Å². The van der Waals surface area contributed by atoms with Gasteiger partial charge >= 0.3 is 0 Å². The number of amides is 1. The van der Waals surface area contributed by atoms with E-state index in [1.165, 1.54) is 4.88 Å². The number of rotatable bonds is 9. The van der Waals surface area contributed by atoms with Crippen LogP contribution < -0.4 is 11.1 Å². The van der Waals surface area contributed by atoms with Crippen molar-refractivity contribution in [3.63, 3.8) is 0 Å². The third-order valence-electron chi connectivity index (χ3n) is 3.62. The fourth-order valence-electron chi connectivity index (χ4n) is 2.60. The van der Waals surface area contributed by atoms with Crippen molar-refractivity contribution in [2.75, 3.05) is 6.54 Å². The van der Waals surface area contributed by atoms with Gasteiger partial charge in [0.15, 0.2) is 5.84 Å². The van der Waals surface area contributed by atoms with E-state index in [2.05, 4.69) is 10.5 Å². The average Bonchev–Trinajstić information content (AvgIpc) is 2.99. The molecular formula is C15H25N3O2S. The van der Waals surface area contributed by atoms with E-state index in [9.17, 15) is 4.79 Å².